The maximum Gasteiger partial charge on any atom is 0.413 e. The van der Waals surface area contributed by atoms with Crippen LogP contribution in [0.5, 0.6) is 0 Å². The summed E-state index contributed by atoms with van der Waals surface area (Å²) in [6.45, 7) is 0.912. The molecule has 0 spiro atoms. The third kappa shape index (κ3) is 5.27. The van der Waals surface area contributed by atoms with Gasteiger partial charge < -0.3 is 19.4 Å². The Hall–Kier alpha value is -3.38. The van der Waals surface area contributed by atoms with Gasteiger partial charge in [-0.15, -0.1) is 0 Å². The third-order valence-corrected chi connectivity index (χ3v) is 7.53. The van der Waals surface area contributed by atoms with E-state index in [-0.39, 0.29) is 24.6 Å². The van der Waals surface area contributed by atoms with Crippen molar-refractivity contribution in [2.45, 2.75) is 31.5 Å². The third-order valence-electron chi connectivity index (χ3n) is 7.34. The first-order valence-electron chi connectivity index (χ1n) is 12.6. The van der Waals surface area contributed by atoms with Gasteiger partial charge in [0.25, 0.3) is 0 Å². The molecule has 0 N–H and O–H groups in total. The number of likely N-dealkylation sites (tertiary alicyclic amines) is 1. The number of methoxy groups -OCH3 is 1. The minimum Gasteiger partial charge on any atom is -0.375 e. The van der Waals surface area contributed by atoms with Gasteiger partial charge in [0.2, 0.25) is 11.8 Å². The summed E-state index contributed by atoms with van der Waals surface area (Å²) in [5, 5.41) is 4.65. The molecule has 0 aliphatic carbocycles. The molecule has 0 radical (unpaired) electrons. The fourth-order valence-electron chi connectivity index (χ4n) is 5.48. The van der Waals surface area contributed by atoms with Crippen molar-refractivity contribution in [3.63, 3.8) is 0 Å². The highest BCUT2D eigenvalue weighted by atomic mass is 35.5. The molecule has 2 atom stereocenters. The zero-order valence-corrected chi connectivity index (χ0v) is 22.2. The van der Waals surface area contributed by atoms with Gasteiger partial charge in [-0.3, -0.25) is 9.59 Å². The molecule has 2 aromatic heterocycles. The summed E-state index contributed by atoms with van der Waals surface area (Å²) in [6, 6.07) is 5.62. The summed E-state index contributed by atoms with van der Waals surface area (Å²) >= 11 is 6.06. The van der Waals surface area contributed by atoms with E-state index in [4.69, 9.17) is 16.3 Å². The van der Waals surface area contributed by atoms with Crippen LogP contribution in [-0.4, -0.2) is 82.8 Å². The quantitative estimate of drug-likeness (QED) is 0.450. The first kappa shape index (κ1) is 27.2. The Balaban J connectivity index is 1.37. The molecular weight excluding hydrogens is 537 g/mol. The van der Waals surface area contributed by atoms with Crippen LogP contribution in [0.1, 0.15) is 30.1 Å². The van der Waals surface area contributed by atoms with Gasteiger partial charge in [0.05, 0.1) is 23.5 Å². The lowest BCUT2D eigenvalue weighted by molar-refractivity contribution is -0.190. The molecule has 9 nitrogen and oxygen atoms in total. The average molecular weight is 565 g/mol. The Bertz CT molecular complexity index is 1380. The number of nitrogens with zero attached hydrogens (tertiary/aromatic N) is 6. The average Bonchev–Trinajstić information content (AvgIpc) is 3.54. The molecule has 2 aliphatic heterocycles. The van der Waals surface area contributed by atoms with Crippen molar-refractivity contribution >= 4 is 40.4 Å². The predicted molar refractivity (Wildman–Crippen MR) is 138 cm³/mol. The number of aryl methyl sites for hydroxylation is 1. The number of carbonyl (C=O) groups excluding carboxylic acids is 2. The number of hydrogen-bond donors (Lipinski definition) is 0. The van der Waals surface area contributed by atoms with Gasteiger partial charge in [0, 0.05) is 45.5 Å². The molecule has 0 saturated carbocycles. The molecule has 1 saturated heterocycles. The van der Waals surface area contributed by atoms with E-state index in [0.717, 1.165) is 29.1 Å². The van der Waals surface area contributed by atoms with Crippen LogP contribution in [0.4, 0.5) is 24.5 Å². The highest BCUT2D eigenvalue weighted by Crippen LogP contribution is 2.40. The first-order chi connectivity index (χ1) is 18.6. The standard InChI is InChI=1S/C26H28ClF3N6O3/c1-33(25(38)17-9-11-34(14-17)23(37)15-39-2)24(26(28,29)30)16-5-7-18(8-6-16)35-10-3-4-19-20(35)13-31-22-12-21(27)32-36(19)22/h5-8,12-13,17,24H,3-4,9-11,14-15H2,1-2H3/t17-,24-/m0/s1. The topological polar surface area (TPSA) is 83.3 Å². The molecule has 208 valence electrons. The van der Waals surface area contributed by atoms with E-state index >= 15 is 0 Å². The van der Waals surface area contributed by atoms with E-state index in [2.05, 4.69) is 10.1 Å². The zero-order chi connectivity index (χ0) is 27.9. The van der Waals surface area contributed by atoms with Crippen molar-refractivity contribution in [3.8, 4) is 0 Å². The van der Waals surface area contributed by atoms with Crippen molar-refractivity contribution in [1.29, 1.82) is 0 Å². The lowest BCUT2D eigenvalue weighted by atomic mass is 10.0. The molecule has 0 unspecified atom stereocenters. The Morgan fingerprint density at radius 2 is 1.97 bits per heavy atom. The van der Waals surface area contributed by atoms with Gasteiger partial charge in [0.1, 0.15) is 6.61 Å². The van der Waals surface area contributed by atoms with Gasteiger partial charge in [0.15, 0.2) is 16.8 Å². The van der Waals surface area contributed by atoms with Crippen LogP contribution in [0.25, 0.3) is 5.65 Å². The lowest BCUT2D eigenvalue weighted by Crippen LogP contribution is -2.43. The second kappa shape index (κ2) is 10.6. The summed E-state index contributed by atoms with van der Waals surface area (Å²) in [6.07, 6.45) is -1.08. The summed E-state index contributed by atoms with van der Waals surface area (Å²) < 4.78 is 49.4. The number of fused-ring (bicyclic) bond motifs is 3. The SMILES string of the molecule is COCC(=O)N1CC[C@H](C(=O)N(C)[C@@H](c2ccc(N3CCCc4c3cnc3cc(Cl)nn43)cc2)C(F)(F)F)C1. The van der Waals surface area contributed by atoms with E-state index in [9.17, 15) is 22.8 Å². The van der Waals surface area contributed by atoms with E-state index in [1.807, 2.05) is 4.90 Å². The number of aromatic nitrogens is 3. The lowest BCUT2D eigenvalue weighted by Gasteiger charge is -2.33. The zero-order valence-electron chi connectivity index (χ0n) is 21.5. The number of carbonyl (C=O) groups is 2. The summed E-state index contributed by atoms with van der Waals surface area (Å²) in [7, 11) is 2.56. The Labute approximate surface area is 228 Å². The molecule has 13 heteroatoms. The minimum absolute atomic E-state index is 0.0444. The molecule has 1 fully saturated rings. The summed E-state index contributed by atoms with van der Waals surface area (Å²) in [4.78, 5) is 33.8. The molecule has 0 bridgehead atoms. The molecule has 1 aromatic carbocycles. The van der Waals surface area contributed by atoms with Crippen LogP contribution in [0, 0.1) is 5.92 Å². The maximum absolute atomic E-state index is 14.3. The second-order valence-electron chi connectivity index (χ2n) is 9.83. The molecule has 4 heterocycles. The van der Waals surface area contributed by atoms with Crippen molar-refractivity contribution in [2.24, 2.45) is 5.92 Å². The van der Waals surface area contributed by atoms with E-state index < -0.39 is 24.0 Å². The molecular formula is C26H28ClF3N6O3. The number of ether oxygens (including phenoxy) is 1. The predicted octanol–water partition coefficient (Wildman–Crippen LogP) is 4.02. The summed E-state index contributed by atoms with van der Waals surface area (Å²) in [5.41, 5.74) is 3.03. The normalized spacial score (nSPS) is 18.4. The molecule has 3 aromatic rings. The van der Waals surface area contributed by atoms with Crippen molar-refractivity contribution in [3.05, 3.63) is 52.9 Å². The smallest absolute Gasteiger partial charge is 0.375 e. The van der Waals surface area contributed by atoms with Crippen LogP contribution in [0.3, 0.4) is 0 Å². The number of amides is 2. The Morgan fingerprint density at radius 1 is 1.23 bits per heavy atom. The van der Waals surface area contributed by atoms with Crippen LogP contribution in [0.2, 0.25) is 5.15 Å². The maximum atomic E-state index is 14.3. The molecule has 2 amide bonds. The van der Waals surface area contributed by atoms with Gasteiger partial charge in [-0.1, -0.05) is 23.7 Å². The van der Waals surface area contributed by atoms with E-state index in [0.29, 0.717) is 36.0 Å². The molecule has 39 heavy (non-hydrogen) atoms. The first-order valence-corrected chi connectivity index (χ1v) is 13.0. The molecule has 2 aliphatic rings. The monoisotopic (exact) mass is 564 g/mol. The minimum atomic E-state index is -4.69. The fraction of sp³-hybridized carbons (Fsp3) is 0.462. The largest absolute Gasteiger partial charge is 0.413 e. The number of rotatable bonds is 6. The number of alkyl halides is 3. The highest BCUT2D eigenvalue weighted by molar-refractivity contribution is 6.29. The van der Waals surface area contributed by atoms with Crippen molar-refractivity contribution in [2.75, 3.05) is 45.3 Å². The number of anilines is 2. The Kier molecular flexibility index (Phi) is 7.43. The van der Waals surface area contributed by atoms with Gasteiger partial charge >= 0.3 is 6.18 Å². The van der Waals surface area contributed by atoms with E-state index in [1.54, 1.807) is 28.9 Å². The van der Waals surface area contributed by atoms with Crippen molar-refractivity contribution < 1.29 is 27.5 Å². The van der Waals surface area contributed by atoms with E-state index in [1.165, 1.54) is 31.2 Å². The fourth-order valence-corrected chi connectivity index (χ4v) is 5.66. The van der Waals surface area contributed by atoms with Gasteiger partial charge in [-0.25, -0.2) is 9.50 Å². The van der Waals surface area contributed by atoms with Crippen LogP contribution < -0.4 is 4.90 Å². The number of halogens is 4. The van der Waals surface area contributed by atoms with Crippen LogP contribution in [-0.2, 0) is 20.7 Å². The Morgan fingerprint density at radius 3 is 2.67 bits per heavy atom. The van der Waals surface area contributed by atoms with Gasteiger partial charge in [-0.05, 0) is 37.0 Å². The number of hydrogen-bond acceptors (Lipinski definition) is 6. The van der Waals surface area contributed by atoms with Crippen LogP contribution in [0.15, 0.2) is 36.5 Å². The summed E-state index contributed by atoms with van der Waals surface area (Å²) in [5.74, 6) is -1.64. The van der Waals surface area contributed by atoms with Crippen LogP contribution >= 0.6 is 11.6 Å². The number of benzene rings is 1. The van der Waals surface area contributed by atoms with Gasteiger partial charge in [-0.2, -0.15) is 18.3 Å². The molecule has 5 rings (SSSR count). The highest BCUT2D eigenvalue weighted by Gasteiger charge is 2.47. The second-order valence-corrected chi connectivity index (χ2v) is 10.2. The van der Waals surface area contributed by atoms with Crippen molar-refractivity contribution in [1.82, 2.24) is 24.4 Å².